The minimum absolute atomic E-state index is 0.260. The van der Waals surface area contributed by atoms with Gasteiger partial charge in [0.1, 0.15) is 0 Å². The first kappa shape index (κ1) is 14.0. The molecular formula is C17H24N4. The van der Waals surface area contributed by atoms with E-state index < -0.39 is 0 Å². The van der Waals surface area contributed by atoms with E-state index in [1.807, 2.05) is 11.7 Å². The maximum absolute atomic E-state index is 4.41. The molecule has 4 heteroatoms. The van der Waals surface area contributed by atoms with Gasteiger partial charge in [0.2, 0.25) is 0 Å². The second-order valence-corrected chi connectivity index (χ2v) is 5.95. The zero-order chi connectivity index (χ0) is 14.8. The van der Waals surface area contributed by atoms with Crippen molar-refractivity contribution in [1.29, 1.82) is 0 Å². The first-order chi connectivity index (χ1) is 10.1. The molecule has 2 heterocycles. The van der Waals surface area contributed by atoms with Gasteiger partial charge in [0.05, 0.1) is 11.7 Å². The Bertz CT molecular complexity index is 594. The molecule has 0 spiro atoms. The van der Waals surface area contributed by atoms with Gasteiger partial charge in [0, 0.05) is 43.3 Å². The molecule has 1 saturated heterocycles. The lowest BCUT2D eigenvalue weighted by Crippen LogP contribution is -2.17. The van der Waals surface area contributed by atoms with Gasteiger partial charge in [0.15, 0.2) is 0 Å². The lowest BCUT2D eigenvalue weighted by Gasteiger charge is -2.19. The fourth-order valence-corrected chi connectivity index (χ4v) is 3.11. The van der Waals surface area contributed by atoms with E-state index in [4.69, 9.17) is 0 Å². The van der Waals surface area contributed by atoms with Crippen LogP contribution in [0.5, 0.6) is 0 Å². The number of nitrogens with zero attached hydrogens (tertiary/aromatic N) is 3. The standard InChI is InChI=1S/C17H24N4/c1-13(17-12-20(3)19-14(17)2)18-15-6-8-16(9-7-15)21-10-4-5-11-21/h6-9,12-13,18H,4-5,10-11H2,1-3H3. The second-order valence-electron chi connectivity index (χ2n) is 5.95. The summed E-state index contributed by atoms with van der Waals surface area (Å²) >= 11 is 0. The quantitative estimate of drug-likeness (QED) is 0.933. The van der Waals surface area contributed by atoms with Crippen molar-refractivity contribution in [3.63, 3.8) is 0 Å². The molecule has 1 aromatic heterocycles. The first-order valence-electron chi connectivity index (χ1n) is 7.75. The van der Waals surface area contributed by atoms with E-state index in [-0.39, 0.29) is 6.04 Å². The van der Waals surface area contributed by atoms with Gasteiger partial charge in [-0.15, -0.1) is 0 Å². The predicted octanol–water partition coefficient (Wildman–Crippen LogP) is 3.50. The van der Waals surface area contributed by atoms with Gasteiger partial charge in [-0.25, -0.2) is 0 Å². The summed E-state index contributed by atoms with van der Waals surface area (Å²) in [6, 6.07) is 9.05. The molecule has 2 aromatic rings. The summed E-state index contributed by atoms with van der Waals surface area (Å²) in [4.78, 5) is 2.46. The van der Waals surface area contributed by atoms with Gasteiger partial charge in [-0.2, -0.15) is 5.10 Å². The molecule has 0 bridgehead atoms. The van der Waals surface area contributed by atoms with Crippen LogP contribution in [0.15, 0.2) is 30.5 Å². The highest BCUT2D eigenvalue weighted by atomic mass is 15.3. The summed E-state index contributed by atoms with van der Waals surface area (Å²) in [5, 5.41) is 7.97. The highest BCUT2D eigenvalue weighted by Gasteiger charge is 2.13. The number of benzene rings is 1. The van der Waals surface area contributed by atoms with Gasteiger partial charge in [-0.1, -0.05) is 0 Å². The number of anilines is 2. The van der Waals surface area contributed by atoms with Crippen LogP contribution >= 0.6 is 0 Å². The lowest BCUT2D eigenvalue weighted by molar-refractivity contribution is 0.756. The third kappa shape index (κ3) is 3.04. The van der Waals surface area contributed by atoms with Crippen LogP contribution in [0.2, 0.25) is 0 Å². The number of hydrogen-bond donors (Lipinski definition) is 1. The Morgan fingerprint density at radius 2 is 1.81 bits per heavy atom. The summed E-state index contributed by atoms with van der Waals surface area (Å²) in [5.41, 5.74) is 4.84. The molecule has 4 nitrogen and oxygen atoms in total. The lowest BCUT2D eigenvalue weighted by atomic mass is 10.1. The Balaban J connectivity index is 1.68. The van der Waals surface area contributed by atoms with Gasteiger partial charge >= 0.3 is 0 Å². The van der Waals surface area contributed by atoms with Crippen LogP contribution in [0, 0.1) is 6.92 Å². The van der Waals surface area contributed by atoms with Crippen LogP contribution in [0.3, 0.4) is 0 Å². The highest BCUT2D eigenvalue weighted by molar-refractivity contribution is 5.56. The number of hydrogen-bond acceptors (Lipinski definition) is 3. The fourth-order valence-electron chi connectivity index (χ4n) is 3.11. The fraction of sp³-hybridized carbons (Fsp3) is 0.471. The smallest absolute Gasteiger partial charge is 0.0646 e. The third-order valence-electron chi connectivity index (χ3n) is 4.24. The van der Waals surface area contributed by atoms with Gasteiger partial charge in [-0.3, -0.25) is 4.68 Å². The maximum atomic E-state index is 4.41. The zero-order valence-electron chi connectivity index (χ0n) is 13.1. The van der Waals surface area contributed by atoms with E-state index in [9.17, 15) is 0 Å². The van der Waals surface area contributed by atoms with Crippen molar-refractivity contribution in [1.82, 2.24) is 9.78 Å². The minimum atomic E-state index is 0.260. The summed E-state index contributed by atoms with van der Waals surface area (Å²) in [6.07, 6.45) is 4.72. The van der Waals surface area contributed by atoms with Crippen molar-refractivity contribution in [2.75, 3.05) is 23.3 Å². The van der Waals surface area contributed by atoms with Gasteiger partial charge in [-0.05, 0) is 51.0 Å². The molecule has 112 valence electrons. The van der Waals surface area contributed by atoms with Crippen LogP contribution < -0.4 is 10.2 Å². The molecule has 1 fully saturated rings. The van der Waals surface area contributed by atoms with Gasteiger partial charge < -0.3 is 10.2 Å². The Labute approximate surface area is 126 Å². The molecule has 0 amide bonds. The number of aromatic nitrogens is 2. The van der Waals surface area contributed by atoms with Crippen molar-refractivity contribution >= 4 is 11.4 Å². The maximum Gasteiger partial charge on any atom is 0.0646 e. The molecule has 0 aliphatic carbocycles. The van der Waals surface area contributed by atoms with Crippen molar-refractivity contribution in [3.8, 4) is 0 Å². The van der Waals surface area contributed by atoms with Crippen molar-refractivity contribution in [2.24, 2.45) is 7.05 Å². The highest BCUT2D eigenvalue weighted by Crippen LogP contribution is 2.25. The number of rotatable bonds is 4. The summed E-state index contributed by atoms with van der Waals surface area (Å²) in [5.74, 6) is 0. The predicted molar refractivity (Wildman–Crippen MR) is 87.9 cm³/mol. The Morgan fingerprint density at radius 3 is 2.38 bits per heavy atom. The molecule has 1 aliphatic rings. The van der Waals surface area contributed by atoms with E-state index in [2.05, 4.69) is 59.6 Å². The molecule has 21 heavy (non-hydrogen) atoms. The molecular weight excluding hydrogens is 260 g/mol. The molecule has 1 aliphatic heterocycles. The van der Waals surface area contributed by atoms with Crippen LogP contribution in [-0.2, 0) is 7.05 Å². The largest absolute Gasteiger partial charge is 0.378 e. The second kappa shape index (κ2) is 5.80. The SMILES string of the molecule is Cc1nn(C)cc1C(C)Nc1ccc(N2CCCC2)cc1. The molecule has 3 rings (SSSR count). The summed E-state index contributed by atoms with van der Waals surface area (Å²) < 4.78 is 1.87. The topological polar surface area (TPSA) is 33.1 Å². The van der Waals surface area contributed by atoms with Crippen molar-refractivity contribution in [3.05, 3.63) is 41.7 Å². The van der Waals surface area contributed by atoms with E-state index in [1.165, 1.54) is 37.2 Å². The average Bonchev–Trinajstić information content (AvgIpc) is 3.09. The summed E-state index contributed by atoms with van der Waals surface area (Å²) in [7, 11) is 1.97. The number of nitrogens with one attached hydrogen (secondary N) is 1. The van der Waals surface area contributed by atoms with Crippen molar-refractivity contribution in [2.45, 2.75) is 32.7 Å². The van der Waals surface area contributed by atoms with Gasteiger partial charge in [0.25, 0.3) is 0 Å². The molecule has 1 unspecified atom stereocenters. The molecule has 0 radical (unpaired) electrons. The van der Waals surface area contributed by atoms with Crippen LogP contribution in [-0.4, -0.2) is 22.9 Å². The monoisotopic (exact) mass is 284 g/mol. The van der Waals surface area contributed by atoms with Crippen molar-refractivity contribution < 1.29 is 0 Å². The van der Waals surface area contributed by atoms with Crippen LogP contribution in [0.4, 0.5) is 11.4 Å². The Hall–Kier alpha value is -1.97. The first-order valence-corrected chi connectivity index (χ1v) is 7.75. The Kier molecular flexibility index (Phi) is 3.86. The van der Waals surface area contributed by atoms with Crippen LogP contribution in [0.25, 0.3) is 0 Å². The van der Waals surface area contributed by atoms with Crippen LogP contribution in [0.1, 0.15) is 37.1 Å². The van der Waals surface area contributed by atoms with E-state index in [0.717, 1.165) is 11.4 Å². The number of aryl methyl sites for hydroxylation is 2. The molecule has 0 saturated carbocycles. The minimum Gasteiger partial charge on any atom is -0.378 e. The Morgan fingerprint density at radius 1 is 1.14 bits per heavy atom. The van der Waals surface area contributed by atoms with E-state index in [0.29, 0.717) is 0 Å². The molecule has 1 aromatic carbocycles. The van der Waals surface area contributed by atoms with E-state index >= 15 is 0 Å². The molecule has 1 N–H and O–H groups in total. The molecule has 1 atom stereocenters. The normalized spacial score (nSPS) is 16.2. The zero-order valence-corrected chi connectivity index (χ0v) is 13.1. The van der Waals surface area contributed by atoms with E-state index in [1.54, 1.807) is 0 Å². The summed E-state index contributed by atoms with van der Waals surface area (Å²) in [6.45, 7) is 6.62. The average molecular weight is 284 g/mol. The third-order valence-corrected chi connectivity index (χ3v) is 4.24.